The SMILES string of the molecule is NCC#Cc1cc(C(=O)NCCCc2ncc[nH]2)cs1. The highest BCUT2D eigenvalue weighted by molar-refractivity contribution is 7.10. The van der Waals surface area contributed by atoms with Crippen molar-refractivity contribution in [2.24, 2.45) is 5.73 Å². The first-order valence-corrected chi connectivity index (χ1v) is 7.21. The van der Waals surface area contributed by atoms with Gasteiger partial charge in [0.1, 0.15) is 5.82 Å². The number of carbonyl (C=O) groups is 1. The summed E-state index contributed by atoms with van der Waals surface area (Å²) >= 11 is 1.45. The molecule has 0 atom stereocenters. The molecule has 104 valence electrons. The number of thiophene rings is 1. The van der Waals surface area contributed by atoms with Gasteiger partial charge in [0.25, 0.3) is 5.91 Å². The Morgan fingerprint density at radius 3 is 3.20 bits per heavy atom. The maximum Gasteiger partial charge on any atom is 0.252 e. The number of aryl methyl sites for hydroxylation is 1. The first kappa shape index (κ1) is 14.3. The van der Waals surface area contributed by atoms with Crippen molar-refractivity contribution in [1.29, 1.82) is 0 Å². The third-order valence-electron chi connectivity index (χ3n) is 2.61. The molecule has 0 radical (unpaired) electrons. The van der Waals surface area contributed by atoms with E-state index in [1.165, 1.54) is 11.3 Å². The van der Waals surface area contributed by atoms with Crippen molar-refractivity contribution in [2.75, 3.05) is 13.1 Å². The fourth-order valence-electron chi connectivity index (χ4n) is 1.65. The summed E-state index contributed by atoms with van der Waals surface area (Å²) in [5.74, 6) is 6.56. The molecular weight excluding hydrogens is 272 g/mol. The number of H-pyrrole nitrogens is 1. The van der Waals surface area contributed by atoms with Gasteiger partial charge in [0, 0.05) is 30.7 Å². The Kier molecular flexibility index (Phi) is 5.35. The summed E-state index contributed by atoms with van der Waals surface area (Å²) in [4.78, 5) is 19.9. The summed E-state index contributed by atoms with van der Waals surface area (Å²) in [6.45, 7) is 0.950. The Morgan fingerprint density at radius 1 is 1.55 bits per heavy atom. The predicted molar refractivity (Wildman–Crippen MR) is 79.5 cm³/mol. The van der Waals surface area contributed by atoms with E-state index in [2.05, 4.69) is 27.1 Å². The van der Waals surface area contributed by atoms with Crippen LogP contribution in [-0.4, -0.2) is 29.0 Å². The highest BCUT2D eigenvalue weighted by Crippen LogP contribution is 2.13. The normalized spacial score (nSPS) is 9.85. The van der Waals surface area contributed by atoms with Crippen molar-refractivity contribution in [3.63, 3.8) is 0 Å². The first-order chi connectivity index (χ1) is 9.79. The predicted octanol–water partition coefficient (Wildman–Crippen LogP) is 1.14. The molecule has 2 heterocycles. The van der Waals surface area contributed by atoms with E-state index in [0.29, 0.717) is 18.7 Å². The summed E-state index contributed by atoms with van der Waals surface area (Å²) < 4.78 is 0. The number of imidazole rings is 1. The highest BCUT2D eigenvalue weighted by Gasteiger charge is 2.07. The van der Waals surface area contributed by atoms with Crippen LogP contribution in [0.1, 0.15) is 27.5 Å². The molecule has 0 saturated heterocycles. The fraction of sp³-hybridized carbons (Fsp3) is 0.286. The molecule has 0 aliphatic carbocycles. The zero-order valence-electron chi connectivity index (χ0n) is 11.0. The van der Waals surface area contributed by atoms with Crippen molar-refractivity contribution in [3.8, 4) is 11.8 Å². The molecule has 0 aliphatic rings. The highest BCUT2D eigenvalue weighted by atomic mass is 32.1. The van der Waals surface area contributed by atoms with Crippen LogP contribution in [0.2, 0.25) is 0 Å². The summed E-state index contributed by atoms with van der Waals surface area (Å²) in [5, 5.41) is 4.69. The van der Waals surface area contributed by atoms with Gasteiger partial charge in [0.2, 0.25) is 0 Å². The van der Waals surface area contributed by atoms with Crippen LogP contribution in [0, 0.1) is 11.8 Å². The van der Waals surface area contributed by atoms with Crippen LogP contribution >= 0.6 is 11.3 Å². The number of hydrogen-bond donors (Lipinski definition) is 3. The third-order valence-corrected chi connectivity index (χ3v) is 3.45. The van der Waals surface area contributed by atoms with Crippen LogP contribution in [0.15, 0.2) is 23.8 Å². The monoisotopic (exact) mass is 288 g/mol. The van der Waals surface area contributed by atoms with Crippen molar-refractivity contribution in [3.05, 3.63) is 40.1 Å². The van der Waals surface area contributed by atoms with Gasteiger partial charge in [-0.3, -0.25) is 4.79 Å². The van der Waals surface area contributed by atoms with Crippen LogP contribution in [0.4, 0.5) is 0 Å². The number of nitrogens with two attached hydrogens (primary N) is 1. The maximum absolute atomic E-state index is 11.9. The molecule has 0 aliphatic heterocycles. The topological polar surface area (TPSA) is 83.8 Å². The number of carbonyl (C=O) groups excluding carboxylic acids is 1. The zero-order chi connectivity index (χ0) is 14.2. The molecule has 20 heavy (non-hydrogen) atoms. The average Bonchev–Trinajstić information content (AvgIpc) is 3.12. The van der Waals surface area contributed by atoms with Gasteiger partial charge in [0.05, 0.1) is 17.0 Å². The van der Waals surface area contributed by atoms with E-state index in [0.717, 1.165) is 23.5 Å². The molecule has 2 aromatic heterocycles. The van der Waals surface area contributed by atoms with Gasteiger partial charge in [0.15, 0.2) is 0 Å². The van der Waals surface area contributed by atoms with Crippen LogP contribution in [0.3, 0.4) is 0 Å². The van der Waals surface area contributed by atoms with Gasteiger partial charge in [-0.25, -0.2) is 4.98 Å². The second-order valence-corrected chi connectivity index (χ2v) is 5.01. The maximum atomic E-state index is 11.9. The van der Waals surface area contributed by atoms with Gasteiger partial charge in [-0.15, -0.1) is 11.3 Å². The molecule has 0 saturated carbocycles. The van der Waals surface area contributed by atoms with E-state index in [-0.39, 0.29) is 5.91 Å². The minimum atomic E-state index is -0.0681. The molecular formula is C14H16N4OS. The number of nitrogens with one attached hydrogen (secondary N) is 2. The van der Waals surface area contributed by atoms with Crippen LogP contribution in [0.5, 0.6) is 0 Å². The van der Waals surface area contributed by atoms with E-state index in [1.54, 1.807) is 18.5 Å². The van der Waals surface area contributed by atoms with Crippen molar-refractivity contribution >= 4 is 17.2 Å². The lowest BCUT2D eigenvalue weighted by Gasteiger charge is -2.02. The summed E-state index contributed by atoms with van der Waals surface area (Å²) in [5.41, 5.74) is 5.96. The first-order valence-electron chi connectivity index (χ1n) is 6.33. The Bertz CT molecular complexity index is 607. The van der Waals surface area contributed by atoms with E-state index in [1.807, 2.05) is 5.38 Å². The van der Waals surface area contributed by atoms with Gasteiger partial charge in [-0.2, -0.15) is 0 Å². The Labute approximate surface area is 121 Å². The zero-order valence-corrected chi connectivity index (χ0v) is 11.8. The standard InChI is InChI=1S/C14H16N4OS/c15-5-1-3-12-9-11(10-20-12)14(19)18-6-2-4-13-16-7-8-17-13/h7-10H,2,4-6,15H2,(H,16,17)(H,18,19). The quantitative estimate of drug-likeness (QED) is 0.570. The number of amides is 1. The van der Waals surface area contributed by atoms with Crippen molar-refractivity contribution in [2.45, 2.75) is 12.8 Å². The van der Waals surface area contributed by atoms with Gasteiger partial charge >= 0.3 is 0 Å². The Morgan fingerprint density at radius 2 is 2.45 bits per heavy atom. The van der Waals surface area contributed by atoms with E-state index in [9.17, 15) is 4.79 Å². The number of nitrogens with zero attached hydrogens (tertiary/aromatic N) is 1. The Balaban J connectivity index is 1.75. The molecule has 4 N–H and O–H groups in total. The molecule has 0 bridgehead atoms. The average molecular weight is 288 g/mol. The lowest BCUT2D eigenvalue weighted by molar-refractivity contribution is 0.0953. The minimum absolute atomic E-state index is 0.0681. The second-order valence-electron chi connectivity index (χ2n) is 4.10. The van der Waals surface area contributed by atoms with Gasteiger partial charge < -0.3 is 16.0 Å². The van der Waals surface area contributed by atoms with Crippen LogP contribution < -0.4 is 11.1 Å². The lowest BCUT2D eigenvalue weighted by Crippen LogP contribution is -2.24. The molecule has 5 nitrogen and oxygen atoms in total. The van der Waals surface area contributed by atoms with Gasteiger partial charge in [-0.05, 0) is 12.5 Å². The van der Waals surface area contributed by atoms with Gasteiger partial charge in [-0.1, -0.05) is 11.8 Å². The van der Waals surface area contributed by atoms with E-state index < -0.39 is 0 Å². The van der Waals surface area contributed by atoms with Crippen molar-refractivity contribution in [1.82, 2.24) is 15.3 Å². The molecule has 0 fully saturated rings. The molecule has 1 amide bonds. The number of hydrogen-bond acceptors (Lipinski definition) is 4. The molecule has 2 aromatic rings. The smallest absolute Gasteiger partial charge is 0.252 e. The molecule has 2 rings (SSSR count). The molecule has 6 heteroatoms. The van der Waals surface area contributed by atoms with Crippen LogP contribution in [-0.2, 0) is 6.42 Å². The summed E-state index contributed by atoms with van der Waals surface area (Å²) in [6, 6.07) is 1.79. The Hall–Kier alpha value is -2.10. The van der Waals surface area contributed by atoms with Crippen molar-refractivity contribution < 1.29 is 4.79 Å². The molecule has 0 unspecified atom stereocenters. The fourth-order valence-corrected chi connectivity index (χ4v) is 2.41. The minimum Gasteiger partial charge on any atom is -0.352 e. The van der Waals surface area contributed by atoms with E-state index in [4.69, 9.17) is 5.73 Å². The molecule has 0 aromatic carbocycles. The molecule has 0 spiro atoms. The number of aromatic nitrogens is 2. The van der Waals surface area contributed by atoms with Crippen LogP contribution in [0.25, 0.3) is 0 Å². The number of aromatic amines is 1. The largest absolute Gasteiger partial charge is 0.352 e. The summed E-state index contributed by atoms with van der Waals surface area (Å²) in [6.07, 6.45) is 5.19. The third kappa shape index (κ3) is 4.23. The summed E-state index contributed by atoms with van der Waals surface area (Å²) in [7, 11) is 0. The number of rotatable bonds is 5. The van der Waals surface area contributed by atoms with E-state index >= 15 is 0 Å². The second kappa shape index (κ2) is 7.48. The lowest BCUT2D eigenvalue weighted by atomic mass is 10.2.